The smallest absolute Gasteiger partial charge is 0.378 e. The number of anilines is 2. The number of carbonyl (C=O) groups is 2. The van der Waals surface area contributed by atoms with Crippen LogP contribution in [0.25, 0.3) is 10.6 Å². The molecule has 2 aromatic carbocycles. The topological polar surface area (TPSA) is 78.4 Å². The highest BCUT2D eigenvalue weighted by Gasteiger charge is 2.36. The summed E-state index contributed by atoms with van der Waals surface area (Å²) in [5.41, 5.74) is 1.18. The maximum atomic E-state index is 12.9. The number of aromatic nitrogens is 2. The van der Waals surface area contributed by atoms with E-state index < -0.39 is 29.6 Å². The van der Waals surface area contributed by atoms with Gasteiger partial charge in [0.25, 0.3) is 5.91 Å². The molecule has 1 N–H and O–H groups in total. The zero-order valence-electron chi connectivity index (χ0n) is 18.5. The van der Waals surface area contributed by atoms with Crippen LogP contribution in [0.1, 0.15) is 28.8 Å². The van der Waals surface area contributed by atoms with Gasteiger partial charge >= 0.3 is 6.18 Å². The Bertz CT molecular complexity index is 1180. The molecule has 1 aromatic heterocycles. The molecule has 4 rings (SSSR count). The average molecular weight is 490 g/mol. The predicted molar refractivity (Wildman–Crippen MR) is 124 cm³/mol. The zero-order valence-corrected chi connectivity index (χ0v) is 19.3. The van der Waals surface area contributed by atoms with E-state index in [1.165, 1.54) is 16.2 Å². The van der Waals surface area contributed by atoms with Crippen molar-refractivity contribution in [1.82, 2.24) is 15.1 Å². The van der Waals surface area contributed by atoms with Crippen LogP contribution in [0.15, 0.2) is 48.5 Å². The van der Waals surface area contributed by atoms with Gasteiger partial charge in [0.2, 0.25) is 11.0 Å². The SMILES string of the molecule is CN(C)c1ccc(-c2nnc(NC(=O)C3CCCN3C(=O)c3ccc(C(F)(F)F)cc3)s2)cc1. The summed E-state index contributed by atoms with van der Waals surface area (Å²) in [5.74, 6) is -0.881. The number of rotatable bonds is 5. The Labute approximate surface area is 198 Å². The van der Waals surface area contributed by atoms with Gasteiger partial charge in [0.1, 0.15) is 11.0 Å². The summed E-state index contributed by atoms with van der Waals surface area (Å²) >= 11 is 1.22. The van der Waals surface area contributed by atoms with Gasteiger partial charge in [0, 0.05) is 37.5 Å². The largest absolute Gasteiger partial charge is 0.416 e. The number of nitrogens with one attached hydrogen (secondary N) is 1. The minimum absolute atomic E-state index is 0.104. The van der Waals surface area contributed by atoms with Crippen LogP contribution < -0.4 is 10.2 Å². The molecule has 2 amide bonds. The predicted octanol–water partition coefficient (Wildman–Crippen LogP) is 4.53. The molecule has 1 aliphatic heterocycles. The van der Waals surface area contributed by atoms with E-state index in [9.17, 15) is 22.8 Å². The number of alkyl halides is 3. The number of hydrogen-bond acceptors (Lipinski definition) is 6. The number of hydrogen-bond donors (Lipinski definition) is 1. The first-order valence-corrected chi connectivity index (χ1v) is 11.4. The van der Waals surface area contributed by atoms with Crippen LogP contribution in [0.4, 0.5) is 24.0 Å². The fourth-order valence-corrected chi connectivity index (χ4v) is 4.48. The van der Waals surface area contributed by atoms with Crippen molar-refractivity contribution in [3.8, 4) is 10.6 Å². The van der Waals surface area contributed by atoms with Crippen LogP contribution in [0.3, 0.4) is 0 Å². The molecule has 0 bridgehead atoms. The third-order valence-corrected chi connectivity index (χ3v) is 6.45. The van der Waals surface area contributed by atoms with Crippen molar-refractivity contribution in [1.29, 1.82) is 0 Å². The summed E-state index contributed by atoms with van der Waals surface area (Å²) < 4.78 is 38.4. The highest BCUT2D eigenvalue weighted by molar-refractivity contribution is 7.18. The van der Waals surface area contributed by atoms with Crippen LogP contribution in [0, 0.1) is 0 Å². The van der Waals surface area contributed by atoms with Crippen LogP contribution in [0.5, 0.6) is 0 Å². The Morgan fingerprint density at radius 3 is 2.35 bits per heavy atom. The van der Waals surface area contributed by atoms with E-state index in [2.05, 4.69) is 15.5 Å². The van der Waals surface area contributed by atoms with Crippen molar-refractivity contribution in [3.05, 3.63) is 59.7 Å². The number of carbonyl (C=O) groups excluding carboxylic acids is 2. The van der Waals surface area contributed by atoms with Gasteiger partial charge in [-0.05, 0) is 61.4 Å². The quantitative estimate of drug-likeness (QED) is 0.570. The van der Waals surface area contributed by atoms with Gasteiger partial charge < -0.3 is 9.80 Å². The highest BCUT2D eigenvalue weighted by Crippen LogP contribution is 2.31. The lowest BCUT2D eigenvalue weighted by Gasteiger charge is -2.23. The van der Waals surface area contributed by atoms with E-state index in [0.717, 1.165) is 35.5 Å². The van der Waals surface area contributed by atoms with Crippen molar-refractivity contribution in [2.75, 3.05) is 30.9 Å². The van der Waals surface area contributed by atoms with Crippen molar-refractivity contribution in [3.63, 3.8) is 0 Å². The van der Waals surface area contributed by atoms with Gasteiger partial charge in [-0.3, -0.25) is 14.9 Å². The molecule has 2 heterocycles. The summed E-state index contributed by atoms with van der Waals surface area (Å²) in [6, 6.07) is 11.0. The first kappa shape index (κ1) is 23.7. The maximum absolute atomic E-state index is 12.9. The number of likely N-dealkylation sites (tertiary alicyclic amines) is 1. The molecule has 7 nitrogen and oxygen atoms in total. The Hall–Kier alpha value is -3.47. The van der Waals surface area contributed by atoms with E-state index in [-0.39, 0.29) is 5.56 Å². The molecule has 0 saturated carbocycles. The third-order valence-electron chi connectivity index (χ3n) is 5.56. The molecule has 1 saturated heterocycles. The minimum Gasteiger partial charge on any atom is -0.378 e. The first-order valence-electron chi connectivity index (χ1n) is 10.5. The van der Waals surface area contributed by atoms with Crippen LogP contribution in [0.2, 0.25) is 0 Å². The van der Waals surface area contributed by atoms with Crippen LogP contribution in [-0.2, 0) is 11.0 Å². The molecule has 11 heteroatoms. The molecule has 0 radical (unpaired) electrons. The number of benzene rings is 2. The maximum Gasteiger partial charge on any atom is 0.416 e. The van der Waals surface area contributed by atoms with E-state index in [1.807, 2.05) is 43.3 Å². The molecular formula is C23H22F3N5O2S. The minimum atomic E-state index is -4.48. The number of nitrogens with zero attached hydrogens (tertiary/aromatic N) is 4. The molecule has 1 atom stereocenters. The van der Waals surface area contributed by atoms with Gasteiger partial charge in [0.05, 0.1) is 5.56 Å². The monoisotopic (exact) mass is 489 g/mol. The van der Waals surface area contributed by atoms with Gasteiger partial charge in [0.15, 0.2) is 0 Å². The summed E-state index contributed by atoms with van der Waals surface area (Å²) in [4.78, 5) is 29.1. The molecule has 1 aliphatic rings. The Morgan fingerprint density at radius 1 is 1.06 bits per heavy atom. The molecule has 34 heavy (non-hydrogen) atoms. The van der Waals surface area contributed by atoms with Crippen molar-refractivity contribution in [2.45, 2.75) is 25.1 Å². The normalized spacial score (nSPS) is 15.9. The fourth-order valence-electron chi connectivity index (χ4n) is 3.73. The van der Waals surface area contributed by atoms with Gasteiger partial charge in [-0.2, -0.15) is 13.2 Å². The van der Waals surface area contributed by atoms with Crippen LogP contribution in [-0.4, -0.2) is 53.6 Å². The van der Waals surface area contributed by atoms with Crippen molar-refractivity contribution < 1.29 is 22.8 Å². The third kappa shape index (κ3) is 5.04. The second-order valence-corrected chi connectivity index (χ2v) is 9.05. The van der Waals surface area contributed by atoms with E-state index >= 15 is 0 Å². The van der Waals surface area contributed by atoms with Gasteiger partial charge in [-0.15, -0.1) is 10.2 Å². The van der Waals surface area contributed by atoms with Crippen LogP contribution >= 0.6 is 11.3 Å². The molecule has 0 spiro atoms. The van der Waals surface area contributed by atoms with Gasteiger partial charge in [-0.1, -0.05) is 11.3 Å². The Morgan fingerprint density at radius 2 is 1.74 bits per heavy atom. The van der Waals surface area contributed by atoms with Crippen molar-refractivity contribution in [2.24, 2.45) is 0 Å². The summed E-state index contributed by atoms with van der Waals surface area (Å²) in [7, 11) is 3.89. The highest BCUT2D eigenvalue weighted by atomic mass is 32.1. The number of halogens is 3. The van der Waals surface area contributed by atoms with E-state index in [1.54, 1.807) is 0 Å². The number of amides is 2. The van der Waals surface area contributed by atoms with Gasteiger partial charge in [-0.25, -0.2) is 0 Å². The zero-order chi connectivity index (χ0) is 24.5. The second kappa shape index (κ2) is 9.41. The Kier molecular flexibility index (Phi) is 6.56. The van der Waals surface area contributed by atoms with Crippen molar-refractivity contribution >= 4 is 34.0 Å². The Balaban J connectivity index is 1.43. The second-order valence-electron chi connectivity index (χ2n) is 8.07. The molecule has 1 fully saturated rings. The molecule has 1 unspecified atom stereocenters. The van der Waals surface area contributed by atoms with E-state index in [0.29, 0.717) is 29.5 Å². The standard InChI is InChI=1S/C23H22F3N5O2S/c1-30(2)17-11-7-14(8-12-17)20-28-29-22(34-20)27-19(32)18-4-3-13-31(18)21(33)15-5-9-16(10-6-15)23(24,25)26/h5-12,18H,3-4,13H2,1-2H3,(H,27,29,32). The average Bonchev–Trinajstić information content (AvgIpc) is 3.48. The molecule has 3 aromatic rings. The molecule has 178 valence electrons. The molecular weight excluding hydrogens is 467 g/mol. The lowest BCUT2D eigenvalue weighted by Crippen LogP contribution is -2.43. The summed E-state index contributed by atoms with van der Waals surface area (Å²) in [6.45, 7) is 0.345. The summed E-state index contributed by atoms with van der Waals surface area (Å²) in [5, 5.41) is 11.9. The lowest BCUT2D eigenvalue weighted by atomic mass is 10.1. The fraction of sp³-hybridized carbons (Fsp3) is 0.304. The summed E-state index contributed by atoms with van der Waals surface area (Å²) in [6.07, 6.45) is -3.41. The van der Waals surface area contributed by atoms with E-state index in [4.69, 9.17) is 0 Å². The first-order chi connectivity index (χ1) is 16.1. The lowest BCUT2D eigenvalue weighted by molar-refractivity contribution is -0.137. The molecule has 0 aliphatic carbocycles.